The van der Waals surface area contributed by atoms with Gasteiger partial charge in [0.2, 0.25) is 0 Å². The Morgan fingerprint density at radius 3 is 2.09 bits per heavy atom. The minimum Gasteiger partial charge on any atom is -0.540 e. The van der Waals surface area contributed by atoms with Gasteiger partial charge in [-0.2, -0.15) is 8.42 Å². The number of hydrogen-bond acceptors (Lipinski definition) is 5. The largest absolute Gasteiger partial charge is 0.540 e. The van der Waals surface area contributed by atoms with E-state index < -0.39 is 18.4 Å². The molecule has 0 amide bonds. The quantitative estimate of drug-likeness (QED) is 0.202. The molecule has 0 fully saturated rings. The molecule has 3 aromatic carbocycles. The van der Waals surface area contributed by atoms with Gasteiger partial charge in [-0.1, -0.05) is 68.8 Å². The molecule has 0 atom stereocenters. The maximum Gasteiger partial charge on any atom is 0.339 e. The summed E-state index contributed by atoms with van der Waals surface area (Å²) in [6.45, 7) is 14.8. The summed E-state index contributed by atoms with van der Waals surface area (Å²) < 4.78 is 45.1. The van der Waals surface area contributed by atoms with E-state index >= 15 is 0 Å². The molecule has 0 saturated heterocycles. The molecule has 5 nitrogen and oxygen atoms in total. The zero-order valence-electron chi connectivity index (χ0n) is 21.3. The van der Waals surface area contributed by atoms with E-state index in [0.29, 0.717) is 28.1 Å². The van der Waals surface area contributed by atoms with Crippen LogP contribution in [0.5, 0.6) is 17.2 Å². The average molecular weight is 578 g/mol. The van der Waals surface area contributed by atoms with E-state index in [1.54, 1.807) is 25.1 Å². The van der Waals surface area contributed by atoms with Crippen molar-refractivity contribution in [2.24, 2.45) is 0 Å². The maximum absolute atomic E-state index is 13.0. The SMILES string of the molecule is Cc1ccc(S(=O)(=O)Oc2cc(Br)c(O[Si](C)(C)C(C)(C)C)c(OCc3ccccc3)c2C)cc1. The minimum absolute atomic E-state index is 0.0407. The highest BCUT2D eigenvalue weighted by molar-refractivity contribution is 9.10. The topological polar surface area (TPSA) is 61.8 Å². The molecule has 8 heteroatoms. The van der Waals surface area contributed by atoms with Crippen molar-refractivity contribution in [3.63, 3.8) is 0 Å². The molecule has 188 valence electrons. The van der Waals surface area contributed by atoms with Gasteiger partial charge in [-0.25, -0.2) is 0 Å². The van der Waals surface area contributed by atoms with Crippen LogP contribution in [-0.2, 0) is 16.7 Å². The second-order valence-electron chi connectivity index (χ2n) is 10.1. The van der Waals surface area contributed by atoms with Gasteiger partial charge in [0.15, 0.2) is 17.2 Å². The number of aryl methyl sites for hydroxylation is 1. The molecule has 0 aromatic heterocycles. The standard InChI is InChI=1S/C27H33BrO5SSi/c1-19-13-15-22(16-14-19)34(29,30)32-24-17-23(28)26(33-35(6,7)27(3,4)5)25(20(24)2)31-18-21-11-9-8-10-12-21/h8-17H,18H2,1-7H3. The molecule has 0 radical (unpaired) electrons. The van der Waals surface area contributed by atoms with E-state index in [9.17, 15) is 8.42 Å². The number of rotatable bonds is 8. The van der Waals surface area contributed by atoms with Crippen molar-refractivity contribution in [3.05, 3.63) is 81.8 Å². The van der Waals surface area contributed by atoms with Gasteiger partial charge in [0.05, 0.1) is 4.47 Å². The molecule has 0 heterocycles. The number of hydrogen-bond donors (Lipinski definition) is 0. The van der Waals surface area contributed by atoms with E-state index in [0.717, 1.165) is 11.1 Å². The highest BCUT2D eigenvalue weighted by Crippen LogP contribution is 2.48. The Bertz CT molecular complexity index is 1280. The fourth-order valence-corrected chi connectivity index (χ4v) is 5.66. The average Bonchev–Trinajstić information content (AvgIpc) is 2.77. The molecule has 0 aliphatic rings. The van der Waals surface area contributed by atoms with Crippen LogP contribution in [0.1, 0.15) is 37.5 Å². The predicted molar refractivity (Wildman–Crippen MR) is 146 cm³/mol. The van der Waals surface area contributed by atoms with Gasteiger partial charge in [0.25, 0.3) is 8.32 Å². The molecule has 0 aliphatic carbocycles. The van der Waals surface area contributed by atoms with Crippen LogP contribution < -0.4 is 13.3 Å². The molecule has 0 N–H and O–H groups in total. The first-order valence-corrected chi connectivity index (χ1v) is 16.5. The summed E-state index contributed by atoms with van der Waals surface area (Å²) in [4.78, 5) is 0.0898. The monoisotopic (exact) mass is 576 g/mol. The number of benzene rings is 3. The zero-order valence-corrected chi connectivity index (χ0v) is 24.7. The fourth-order valence-electron chi connectivity index (χ4n) is 3.04. The Hall–Kier alpha value is -2.29. The molecule has 0 saturated carbocycles. The summed E-state index contributed by atoms with van der Waals surface area (Å²) in [7, 11) is -6.26. The van der Waals surface area contributed by atoms with Crippen LogP contribution in [0.25, 0.3) is 0 Å². The zero-order chi connectivity index (χ0) is 26.0. The summed E-state index contributed by atoms with van der Waals surface area (Å²) in [6.07, 6.45) is 0. The summed E-state index contributed by atoms with van der Waals surface area (Å²) in [5, 5.41) is -0.0407. The van der Waals surface area contributed by atoms with E-state index in [4.69, 9.17) is 13.3 Å². The molecule has 3 aromatic rings. The summed E-state index contributed by atoms with van der Waals surface area (Å²) in [6, 6.07) is 18.0. The lowest BCUT2D eigenvalue weighted by molar-refractivity contribution is 0.290. The van der Waals surface area contributed by atoms with Crippen molar-refractivity contribution >= 4 is 34.4 Å². The smallest absolute Gasteiger partial charge is 0.339 e. The van der Waals surface area contributed by atoms with Crippen molar-refractivity contribution in [1.82, 2.24) is 0 Å². The maximum atomic E-state index is 13.0. The van der Waals surface area contributed by atoms with Crippen LogP contribution in [0, 0.1) is 13.8 Å². The van der Waals surface area contributed by atoms with E-state index in [2.05, 4.69) is 49.8 Å². The first-order chi connectivity index (χ1) is 16.2. The van der Waals surface area contributed by atoms with Crippen molar-refractivity contribution in [1.29, 1.82) is 0 Å². The second kappa shape index (κ2) is 10.4. The van der Waals surface area contributed by atoms with Crippen molar-refractivity contribution in [2.45, 2.75) is 64.3 Å². The van der Waals surface area contributed by atoms with Crippen LogP contribution in [0.15, 0.2) is 70.0 Å². The van der Waals surface area contributed by atoms with Gasteiger partial charge < -0.3 is 13.3 Å². The Morgan fingerprint density at radius 2 is 1.51 bits per heavy atom. The number of halogens is 1. The van der Waals surface area contributed by atoms with Gasteiger partial charge in [-0.3, -0.25) is 0 Å². The number of ether oxygens (including phenoxy) is 1. The van der Waals surface area contributed by atoms with E-state index in [1.165, 1.54) is 12.1 Å². The predicted octanol–water partition coefficient (Wildman–Crippen LogP) is 7.80. The molecule has 0 unspecified atom stereocenters. The van der Waals surface area contributed by atoms with Gasteiger partial charge in [-0.15, -0.1) is 0 Å². The minimum atomic E-state index is -4.03. The van der Waals surface area contributed by atoms with Crippen LogP contribution in [0.3, 0.4) is 0 Å². The Labute approximate surface area is 218 Å². The molecular formula is C27H33BrO5SSi. The summed E-state index contributed by atoms with van der Waals surface area (Å²) in [5.74, 6) is 1.20. The Morgan fingerprint density at radius 1 is 0.914 bits per heavy atom. The van der Waals surface area contributed by atoms with Gasteiger partial charge in [0, 0.05) is 11.6 Å². The molecule has 0 bridgehead atoms. The Kier molecular flexibility index (Phi) is 8.08. The van der Waals surface area contributed by atoms with Crippen LogP contribution in [0.4, 0.5) is 0 Å². The summed E-state index contributed by atoms with van der Waals surface area (Å²) in [5.41, 5.74) is 2.50. The fraction of sp³-hybridized carbons (Fsp3) is 0.333. The van der Waals surface area contributed by atoms with E-state index in [1.807, 2.05) is 37.3 Å². The van der Waals surface area contributed by atoms with Crippen molar-refractivity contribution in [2.75, 3.05) is 0 Å². The third kappa shape index (κ3) is 6.48. The van der Waals surface area contributed by atoms with Crippen LogP contribution in [-0.4, -0.2) is 16.7 Å². The van der Waals surface area contributed by atoms with Crippen molar-refractivity contribution < 1.29 is 21.8 Å². The highest BCUT2D eigenvalue weighted by atomic mass is 79.9. The molecular weight excluding hydrogens is 544 g/mol. The van der Waals surface area contributed by atoms with Crippen LogP contribution >= 0.6 is 15.9 Å². The third-order valence-corrected chi connectivity index (χ3v) is 12.5. The van der Waals surface area contributed by atoms with Gasteiger partial charge in [-0.05, 0) is 65.6 Å². The Balaban J connectivity index is 2.06. The molecule has 0 spiro atoms. The molecule has 0 aliphatic heterocycles. The summed E-state index contributed by atoms with van der Waals surface area (Å²) >= 11 is 3.59. The third-order valence-electron chi connectivity index (χ3n) is 6.29. The van der Waals surface area contributed by atoms with E-state index in [-0.39, 0.29) is 15.7 Å². The highest BCUT2D eigenvalue weighted by Gasteiger charge is 2.40. The lowest BCUT2D eigenvalue weighted by Crippen LogP contribution is -2.44. The van der Waals surface area contributed by atoms with Crippen molar-refractivity contribution in [3.8, 4) is 17.2 Å². The molecule has 3 rings (SSSR count). The lowest BCUT2D eigenvalue weighted by atomic mass is 10.2. The molecule has 35 heavy (non-hydrogen) atoms. The first-order valence-electron chi connectivity index (χ1n) is 11.4. The van der Waals surface area contributed by atoms with Gasteiger partial charge in [0.1, 0.15) is 11.5 Å². The normalized spacial score (nSPS) is 12.3. The lowest BCUT2D eigenvalue weighted by Gasteiger charge is -2.37. The second-order valence-corrected chi connectivity index (χ2v) is 17.3. The van der Waals surface area contributed by atoms with Gasteiger partial charge >= 0.3 is 10.1 Å². The first kappa shape index (κ1) is 27.3. The van der Waals surface area contributed by atoms with Crippen LogP contribution in [0.2, 0.25) is 18.1 Å².